The van der Waals surface area contributed by atoms with Gasteiger partial charge in [0, 0.05) is 12.8 Å². The van der Waals surface area contributed by atoms with Crippen LogP contribution in [0.2, 0.25) is 0 Å². The Labute approximate surface area is 106 Å². The summed E-state index contributed by atoms with van der Waals surface area (Å²) in [6.07, 6.45) is 1.28. The van der Waals surface area contributed by atoms with Crippen molar-refractivity contribution in [2.24, 2.45) is 0 Å². The maximum atomic E-state index is 12.6. The molecule has 0 spiro atoms. The Kier molecular flexibility index (Phi) is 4.83. The molecule has 0 amide bonds. The highest BCUT2D eigenvalue weighted by Gasteiger charge is 2.13. The minimum absolute atomic E-state index is 0.0206. The van der Waals surface area contributed by atoms with Crippen LogP contribution >= 0.6 is 0 Å². The van der Waals surface area contributed by atoms with Crippen LogP contribution in [0, 0.1) is 5.82 Å². The van der Waals surface area contributed by atoms with Crippen LogP contribution in [0.1, 0.15) is 6.42 Å². The second-order valence-electron chi connectivity index (χ2n) is 3.84. The average Bonchev–Trinajstić information content (AvgIpc) is 2.24. The number of sulfone groups is 1. The van der Waals surface area contributed by atoms with Crippen molar-refractivity contribution in [3.63, 3.8) is 0 Å². The summed E-state index contributed by atoms with van der Waals surface area (Å²) >= 11 is 0. The molecule has 0 unspecified atom stereocenters. The smallest absolute Gasteiger partial charge is 0.229 e. The molecule has 0 fully saturated rings. The van der Waals surface area contributed by atoms with Crippen molar-refractivity contribution >= 4 is 19.9 Å². The highest BCUT2D eigenvalue weighted by Crippen LogP contribution is 2.09. The predicted molar refractivity (Wildman–Crippen MR) is 65.9 cm³/mol. The van der Waals surface area contributed by atoms with Gasteiger partial charge >= 0.3 is 0 Å². The first-order valence-corrected chi connectivity index (χ1v) is 8.68. The maximum Gasteiger partial charge on any atom is 0.240 e. The normalized spacial score (nSPS) is 12.6. The third-order valence-electron chi connectivity index (χ3n) is 2.11. The molecule has 1 aromatic carbocycles. The quantitative estimate of drug-likeness (QED) is 0.777. The monoisotopic (exact) mass is 295 g/mol. The molecule has 0 saturated heterocycles. The fourth-order valence-corrected chi connectivity index (χ4v) is 2.98. The van der Waals surface area contributed by atoms with E-state index in [0.717, 1.165) is 30.5 Å². The summed E-state index contributed by atoms with van der Waals surface area (Å²) in [5.41, 5.74) is 0. The van der Waals surface area contributed by atoms with Crippen molar-refractivity contribution in [1.82, 2.24) is 4.72 Å². The number of hydrogen-bond acceptors (Lipinski definition) is 4. The lowest BCUT2D eigenvalue weighted by Gasteiger charge is -2.06. The Balaban J connectivity index is 2.58. The second-order valence-corrected chi connectivity index (χ2v) is 7.86. The molecule has 1 rings (SSSR count). The fourth-order valence-electron chi connectivity index (χ4n) is 1.24. The van der Waals surface area contributed by atoms with Crippen LogP contribution in [0.4, 0.5) is 4.39 Å². The van der Waals surface area contributed by atoms with Gasteiger partial charge in [0.05, 0.1) is 10.6 Å². The van der Waals surface area contributed by atoms with E-state index in [1.165, 1.54) is 0 Å². The number of hydrogen-bond donors (Lipinski definition) is 1. The number of nitrogens with one attached hydrogen (secondary N) is 1. The zero-order valence-electron chi connectivity index (χ0n) is 9.76. The van der Waals surface area contributed by atoms with E-state index in [-0.39, 0.29) is 23.6 Å². The van der Waals surface area contributed by atoms with E-state index in [2.05, 4.69) is 4.72 Å². The largest absolute Gasteiger partial charge is 0.240 e. The van der Waals surface area contributed by atoms with Crippen molar-refractivity contribution in [1.29, 1.82) is 0 Å². The predicted octanol–water partition coefficient (Wildman–Crippen LogP) is 0.539. The average molecular weight is 295 g/mol. The Bertz CT molecular complexity index is 593. The van der Waals surface area contributed by atoms with Crippen LogP contribution in [0.15, 0.2) is 29.2 Å². The first-order chi connectivity index (χ1) is 8.21. The summed E-state index contributed by atoms with van der Waals surface area (Å²) in [6.45, 7) is 0.0206. The molecule has 0 aliphatic carbocycles. The lowest BCUT2D eigenvalue weighted by molar-refractivity contribution is 0.576. The molecule has 18 heavy (non-hydrogen) atoms. The molecule has 0 aromatic heterocycles. The van der Waals surface area contributed by atoms with Crippen molar-refractivity contribution in [2.45, 2.75) is 11.3 Å². The lowest BCUT2D eigenvalue weighted by Crippen LogP contribution is -2.26. The molecular weight excluding hydrogens is 281 g/mol. The topological polar surface area (TPSA) is 80.3 Å². The summed E-state index contributed by atoms with van der Waals surface area (Å²) in [7, 11) is -6.80. The highest BCUT2D eigenvalue weighted by molar-refractivity contribution is 7.90. The van der Waals surface area contributed by atoms with Gasteiger partial charge in [-0.05, 0) is 30.7 Å². The maximum absolute atomic E-state index is 12.6. The molecule has 0 radical (unpaired) electrons. The molecule has 0 atom stereocenters. The van der Waals surface area contributed by atoms with E-state index >= 15 is 0 Å². The number of halogens is 1. The van der Waals surface area contributed by atoms with Crippen molar-refractivity contribution < 1.29 is 21.2 Å². The first kappa shape index (κ1) is 15.1. The van der Waals surface area contributed by atoms with E-state index in [1.807, 2.05) is 0 Å². The van der Waals surface area contributed by atoms with E-state index < -0.39 is 25.7 Å². The van der Waals surface area contributed by atoms with Crippen molar-refractivity contribution in [3.05, 3.63) is 30.1 Å². The zero-order chi connectivity index (χ0) is 13.8. The van der Waals surface area contributed by atoms with Gasteiger partial charge in [0.1, 0.15) is 15.7 Å². The Morgan fingerprint density at radius 2 is 1.67 bits per heavy atom. The van der Waals surface area contributed by atoms with Gasteiger partial charge in [0.25, 0.3) is 0 Å². The molecule has 0 heterocycles. The molecule has 0 aliphatic rings. The summed E-state index contributed by atoms with van der Waals surface area (Å²) in [5.74, 6) is -0.607. The molecular formula is C10H14FNO4S2. The Hall–Kier alpha value is -0.990. The van der Waals surface area contributed by atoms with Gasteiger partial charge in [-0.15, -0.1) is 0 Å². The van der Waals surface area contributed by atoms with E-state index in [9.17, 15) is 21.2 Å². The number of sulfonamides is 1. The SMILES string of the molecule is CS(=O)(=O)CCCNS(=O)(=O)c1ccc(F)cc1. The Morgan fingerprint density at radius 1 is 1.11 bits per heavy atom. The van der Waals surface area contributed by atoms with E-state index in [0.29, 0.717) is 0 Å². The molecule has 0 bridgehead atoms. The highest BCUT2D eigenvalue weighted by atomic mass is 32.2. The standard InChI is InChI=1S/C10H14FNO4S2/c1-17(13,14)8-2-7-12-18(15,16)10-5-3-9(11)4-6-10/h3-6,12H,2,7-8H2,1H3. The molecule has 102 valence electrons. The lowest BCUT2D eigenvalue weighted by atomic mass is 10.4. The van der Waals surface area contributed by atoms with Crippen LogP contribution in [0.3, 0.4) is 0 Å². The zero-order valence-corrected chi connectivity index (χ0v) is 11.4. The third kappa shape index (κ3) is 5.11. The molecule has 1 aromatic rings. The van der Waals surface area contributed by atoms with Crippen LogP contribution in [-0.2, 0) is 19.9 Å². The minimum Gasteiger partial charge on any atom is -0.229 e. The van der Waals surface area contributed by atoms with Crippen molar-refractivity contribution in [2.75, 3.05) is 18.6 Å². The van der Waals surface area contributed by atoms with E-state index in [4.69, 9.17) is 0 Å². The molecule has 8 heteroatoms. The van der Waals surface area contributed by atoms with Crippen molar-refractivity contribution in [3.8, 4) is 0 Å². The molecule has 5 nitrogen and oxygen atoms in total. The summed E-state index contributed by atoms with van der Waals surface area (Å²) < 4.78 is 59.9. The van der Waals surface area contributed by atoms with Crippen LogP contribution in [0.25, 0.3) is 0 Å². The van der Waals surface area contributed by atoms with Gasteiger partial charge < -0.3 is 0 Å². The summed E-state index contributed by atoms with van der Waals surface area (Å²) in [4.78, 5) is -0.0525. The summed E-state index contributed by atoms with van der Waals surface area (Å²) in [5, 5.41) is 0. The Morgan fingerprint density at radius 3 is 2.17 bits per heavy atom. The minimum atomic E-state index is -3.71. The molecule has 1 N–H and O–H groups in total. The van der Waals surface area contributed by atoms with Gasteiger partial charge in [0.2, 0.25) is 10.0 Å². The van der Waals surface area contributed by atoms with Gasteiger partial charge in [0.15, 0.2) is 0 Å². The van der Waals surface area contributed by atoms with E-state index in [1.54, 1.807) is 0 Å². The van der Waals surface area contributed by atoms with Gasteiger partial charge in [-0.2, -0.15) is 0 Å². The number of rotatable bonds is 6. The van der Waals surface area contributed by atoms with Gasteiger partial charge in [-0.25, -0.2) is 25.9 Å². The van der Waals surface area contributed by atoms with Gasteiger partial charge in [-0.3, -0.25) is 0 Å². The first-order valence-electron chi connectivity index (χ1n) is 5.14. The third-order valence-corrected chi connectivity index (χ3v) is 4.62. The van der Waals surface area contributed by atoms with Gasteiger partial charge in [-0.1, -0.05) is 0 Å². The van der Waals surface area contributed by atoms with Crippen LogP contribution in [0.5, 0.6) is 0 Å². The number of benzene rings is 1. The van der Waals surface area contributed by atoms with Crippen LogP contribution < -0.4 is 4.72 Å². The second kappa shape index (κ2) is 5.77. The molecule has 0 aliphatic heterocycles. The summed E-state index contributed by atoms with van der Waals surface area (Å²) in [6, 6.07) is 4.39. The fraction of sp³-hybridized carbons (Fsp3) is 0.400. The van der Waals surface area contributed by atoms with Crippen LogP contribution in [-0.4, -0.2) is 35.4 Å². The molecule has 0 saturated carbocycles.